The monoisotopic (exact) mass is 556 g/mol. The van der Waals surface area contributed by atoms with Crippen LogP contribution in [0.1, 0.15) is 63.3 Å². The average molecular weight is 557 g/mol. The molecule has 2 aromatic carbocycles. The number of esters is 2. The minimum atomic E-state index is -0.710. The summed E-state index contributed by atoms with van der Waals surface area (Å²) in [5, 5.41) is 10.4. The van der Waals surface area contributed by atoms with E-state index in [0.29, 0.717) is 23.5 Å². The number of benzene rings is 2. The number of carbonyl (C=O) groups excluding carboxylic acids is 2. The predicted octanol–water partition coefficient (Wildman–Crippen LogP) is 5.79. The smallest absolute Gasteiger partial charge is 0.306 e. The summed E-state index contributed by atoms with van der Waals surface area (Å²) in [6, 6.07) is 7.05. The van der Waals surface area contributed by atoms with E-state index in [2.05, 4.69) is 0 Å². The highest BCUT2D eigenvalue weighted by atomic mass is 16.6. The molecule has 9 nitrogen and oxygen atoms in total. The van der Waals surface area contributed by atoms with Crippen LogP contribution in [0, 0.1) is 18.8 Å². The lowest BCUT2D eigenvalue weighted by Gasteiger charge is -2.35. The third-order valence-corrected chi connectivity index (χ3v) is 6.16. The van der Waals surface area contributed by atoms with E-state index < -0.39 is 12.2 Å². The van der Waals surface area contributed by atoms with E-state index in [-0.39, 0.29) is 60.7 Å². The molecule has 0 aromatic heterocycles. The molecule has 0 bridgehead atoms. The number of hydrogen-bond donors (Lipinski definition) is 1. The van der Waals surface area contributed by atoms with E-state index in [1.54, 1.807) is 18.2 Å². The highest BCUT2D eigenvalue weighted by Gasteiger charge is 2.36. The maximum atomic E-state index is 12.3. The molecule has 0 spiro atoms. The number of aryl methyl sites for hydroxylation is 1. The van der Waals surface area contributed by atoms with Gasteiger partial charge >= 0.3 is 11.9 Å². The number of fused-ring (bicyclic) bond motifs is 1. The maximum absolute atomic E-state index is 12.3. The molecule has 3 rings (SSSR count). The van der Waals surface area contributed by atoms with Gasteiger partial charge in [0.1, 0.15) is 13.2 Å². The van der Waals surface area contributed by atoms with Crippen LogP contribution in [-0.2, 0) is 19.1 Å². The second-order valence-corrected chi connectivity index (χ2v) is 10.6. The Morgan fingerprint density at radius 3 is 2.10 bits per heavy atom. The molecule has 1 aliphatic heterocycles. The first-order valence-electron chi connectivity index (χ1n) is 13.4. The van der Waals surface area contributed by atoms with Crippen molar-refractivity contribution in [2.45, 2.75) is 59.7 Å². The molecular formula is C31H40O9. The highest BCUT2D eigenvalue weighted by molar-refractivity contribution is 5.70. The predicted molar refractivity (Wildman–Crippen MR) is 150 cm³/mol. The summed E-state index contributed by atoms with van der Waals surface area (Å²) in [6.07, 6.45) is 2.89. The molecule has 2 aromatic rings. The molecule has 218 valence electrons. The molecule has 2 atom stereocenters. The maximum Gasteiger partial charge on any atom is 0.306 e. The van der Waals surface area contributed by atoms with Gasteiger partial charge in [-0.05, 0) is 60.2 Å². The zero-order valence-corrected chi connectivity index (χ0v) is 24.3. The van der Waals surface area contributed by atoms with E-state index in [9.17, 15) is 14.7 Å². The standard InChI is InChI=1S/C31H40O9/c1-18(2)11-27(32)37-10-8-9-21-13-20(5)30-25(14-21)39-31(26(40-30)17-38-28(33)12-19(3)4)22-15-23(35-6)29(34)24(16-22)36-7/h8-9,13-16,18-19,26,31,34H,10-12,17H2,1-7H3/b9-8+. The molecule has 9 heteroatoms. The van der Waals surface area contributed by atoms with Gasteiger partial charge < -0.3 is 33.5 Å². The SMILES string of the molecule is COc1cc(C2Oc3cc(/C=C/COC(=O)CC(C)C)cc(C)c3OC2COC(=O)CC(C)C)cc(OC)c1O. The van der Waals surface area contributed by atoms with Crippen molar-refractivity contribution in [2.24, 2.45) is 11.8 Å². The van der Waals surface area contributed by atoms with Crippen molar-refractivity contribution in [1.82, 2.24) is 0 Å². The Labute approximate surface area is 236 Å². The van der Waals surface area contributed by atoms with Crippen LogP contribution in [0.15, 0.2) is 30.3 Å². The van der Waals surface area contributed by atoms with Crippen LogP contribution < -0.4 is 18.9 Å². The molecule has 2 unspecified atom stereocenters. The van der Waals surface area contributed by atoms with Crippen LogP contribution in [0.5, 0.6) is 28.7 Å². The van der Waals surface area contributed by atoms with Crippen LogP contribution in [0.3, 0.4) is 0 Å². The number of aromatic hydroxyl groups is 1. The molecule has 0 fully saturated rings. The Bertz CT molecular complexity index is 1190. The molecule has 0 amide bonds. The van der Waals surface area contributed by atoms with Crippen molar-refractivity contribution in [3.05, 3.63) is 47.0 Å². The van der Waals surface area contributed by atoms with E-state index in [0.717, 1.165) is 11.1 Å². The summed E-state index contributed by atoms with van der Waals surface area (Å²) in [4.78, 5) is 24.1. The fraction of sp³-hybridized carbons (Fsp3) is 0.484. The summed E-state index contributed by atoms with van der Waals surface area (Å²) in [5.41, 5.74) is 2.27. The fourth-order valence-electron chi connectivity index (χ4n) is 4.30. The van der Waals surface area contributed by atoms with Gasteiger partial charge in [0.25, 0.3) is 0 Å². The minimum Gasteiger partial charge on any atom is -0.502 e. The van der Waals surface area contributed by atoms with Crippen molar-refractivity contribution in [1.29, 1.82) is 0 Å². The molecule has 40 heavy (non-hydrogen) atoms. The number of ether oxygens (including phenoxy) is 6. The van der Waals surface area contributed by atoms with Crippen LogP contribution in [0.2, 0.25) is 0 Å². The molecular weight excluding hydrogens is 516 g/mol. The summed E-state index contributed by atoms with van der Waals surface area (Å²) in [5.74, 6) is 1.15. The first-order chi connectivity index (χ1) is 19.0. The lowest BCUT2D eigenvalue weighted by molar-refractivity contribution is -0.149. The van der Waals surface area contributed by atoms with E-state index in [4.69, 9.17) is 28.4 Å². The Hall–Kier alpha value is -3.88. The zero-order chi connectivity index (χ0) is 29.4. The zero-order valence-electron chi connectivity index (χ0n) is 24.3. The van der Waals surface area contributed by atoms with Crippen LogP contribution >= 0.6 is 0 Å². The van der Waals surface area contributed by atoms with Gasteiger partial charge in [0, 0.05) is 18.4 Å². The number of carbonyl (C=O) groups is 2. The quantitative estimate of drug-likeness (QED) is 0.325. The number of phenols is 1. The van der Waals surface area contributed by atoms with Crippen LogP contribution in [0.25, 0.3) is 6.08 Å². The second kappa shape index (κ2) is 14.0. The van der Waals surface area contributed by atoms with Crippen LogP contribution in [0.4, 0.5) is 0 Å². The first kappa shape index (κ1) is 30.7. The van der Waals surface area contributed by atoms with Gasteiger partial charge in [-0.25, -0.2) is 0 Å². The van der Waals surface area contributed by atoms with Crippen molar-refractivity contribution in [3.8, 4) is 28.7 Å². The molecule has 0 saturated heterocycles. The average Bonchev–Trinajstić information content (AvgIpc) is 2.89. The summed E-state index contributed by atoms with van der Waals surface area (Å²) < 4.78 is 34.3. The Balaban J connectivity index is 1.90. The molecule has 1 heterocycles. The highest BCUT2D eigenvalue weighted by Crippen LogP contribution is 2.46. The van der Waals surface area contributed by atoms with Crippen molar-refractivity contribution in [3.63, 3.8) is 0 Å². The summed E-state index contributed by atoms with van der Waals surface area (Å²) in [7, 11) is 2.89. The van der Waals surface area contributed by atoms with Crippen molar-refractivity contribution >= 4 is 18.0 Å². The molecule has 1 aliphatic rings. The van der Waals surface area contributed by atoms with Gasteiger partial charge in [-0.2, -0.15) is 0 Å². The molecule has 0 saturated carbocycles. The normalized spacial score (nSPS) is 16.3. The van der Waals surface area contributed by atoms with Crippen molar-refractivity contribution < 1.29 is 43.1 Å². The van der Waals surface area contributed by atoms with Crippen LogP contribution in [-0.4, -0.2) is 50.6 Å². The van der Waals surface area contributed by atoms with Crippen molar-refractivity contribution in [2.75, 3.05) is 27.4 Å². The Kier molecular flexibility index (Phi) is 10.7. The molecule has 0 aliphatic carbocycles. The first-order valence-corrected chi connectivity index (χ1v) is 13.4. The largest absolute Gasteiger partial charge is 0.502 e. The lowest BCUT2D eigenvalue weighted by atomic mass is 10.0. The number of phenolic OH excluding ortho intramolecular Hbond substituents is 1. The van der Waals surface area contributed by atoms with Gasteiger partial charge in [-0.3, -0.25) is 9.59 Å². The van der Waals surface area contributed by atoms with Gasteiger partial charge in [0.05, 0.1) is 14.2 Å². The van der Waals surface area contributed by atoms with Gasteiger partial charge in [0.2, 0.25) is 5.75 Å². The number of rotatable bonds is 12. The van der Waals surface area contributed by atoms with Gasteiger partial charge in [0.15, 0.2) is 35.2 Å². The summed E-state index contributed by atoms with van der Waals surface area (Å²) in [6.45, 7) is 9.85. The third-order valence-electron chi connectivity index (χ3n) is 6.16. The van der Waals surface area contributed by atoms with Gasteiger partial charge in [-0.1, -0.05) is 33.8 Å². The van der Waals surface area contributed by atoms with E-state index in [1.165, 1.54) is 14.2 Å². The molecule has 0 radical (unpaired) electrons. The lowest BCUT2D eigenvalue weighted by Crippen LogP contribution is -2.38. The van der Waals surface area contributed by atoms with E-state index in [1.807, 2.05) is 52.8 Å². The fourth-order valence-corrected chi connectivity index (χ4v) is 4.30. The topological polar surface area (TPSA) is 110 Å². The summed E-state index contributed by atoms with van der Waals surface area (Å²) >= 11 is 0. The Morgan fingerprint density at radius 1 is 0.925 bits per heavy atom. The Morgan fingerprint density at radius 2 is 1.52 bits per heavy atom. The molecule has 1 N–H and O–H groups in total. The minimum absolute atomic E-state index is 0.0377. The third kappa shape index (κ3) is 8.07. The van der Waals surface area contributed by atoms with Gasteiger partial charge in [-0.15, -0.1) is 0 Å². The second-order valence-electron chi connectivity index (χ2n) is 10.6. The van der Waals surface area contributed by atoms with E-state index >= 15 is 0 Å². The number of hydrogen-bond acceptors (Lipinski definition) is 9. The number of methoxy groups -OCH3 is 2.